The van der Waals surface area contributed by atoms with Gasteiger partial charge in [0.25, 0.3) is 11.6 Å². The molecular formula is C27H25ClN6O3S. The first-order valence-electron chi connectivity index (χ1n) is 11.6. The summed E-state index contributed by atoms with van der Waals surface area (Å²) in [5.41, 5.74) is 5.63. The highest BCUT2D eigenvalue weighted by Gasteiger charge is 2.19. The second-order valence-corrected chi connectivity index (χ2v) is 10.7. The summed E-state index contributed by atoms with van der Waals surface area (Å²) in [6.07, 6.45) is 1.27. The van der Waals surface area contributed by atoms with E-state index >= 15 is 0 Å². The van der Waals surface area contributed by atoms with Crippen LogP contribution in [0.25, 0.3) is 17.1 Å². The van der Waals surface area contributed by atoms with Crippen LogP contribution in [0.2, 0.25) is 5.02 Å². The standard InChI is InChI=1S/C27H25ClN6O3S/c1-27(2,3)20-11-9-18(10-12-20)25-31-32-26(33(25)21-7-5-4-6-8-21)38-17-24(35)30-29-16-19-15-22(34(36)37)13-14-23(19)28/h4-16H,17H2,1-3H3,(H,30,35). The molecule has 0 aliphatic rings. The fraction of sp³-hybridized carbons (Fsp3) is 0.185. The molecule has 0 atom stereocenters. The van der Waals surface area contributed by atoms with Crippen LogP contribution in [-0.4, -0.2) is 37.6 Å². The molecule has 194 valence electrons. The second-order valence-electron chi connectivity index (χ2n) is 9.35. The number of carbonyl (C=O) groups is 1. The Morgan fingerprint density at radius 2 is 1.82 bits per heavy atom. The van der Waals surface area contributed by atoms with E-state index in [1.807, 2.05) is 47.0 Å². The smallest absolute Gasteiger partial charge is 0.270 e. The zero-order chi connectivity index (χ0) is 27.3. The molecule has 1 N–H and O–H groups in total. The van der Waals surface area contributed by atoms with Gasteiger partial charge in [0.05, 0.1) is 16.9 Å². The third kappa shape index (κ3) is 6.45. The number of para-hydroxylation sites is 1. The molecule has 0 spiro atoms. The summed E-state index contributed by atoms with van der Waals surface area (Å²) in [6, 6.07) is 21.9. The quantitative estimate of drug-likeness (QED) is 0.124. The molecule has 0 saturated heterocycles. The first-order chi connectivity index (χ1) is 18.1. The van der Waals surface area contributed by atoms with Crippen LogP contribution in [0.4, 0.5) is 5.69 Å². The van der Waals surface area contributed by atoms with Gasteiger partial charge in [-0.1, -0.05) is 86.6 Å². The maximum Gasteiger partial charge on any atom is 0.270 e. The van der Waals surface area contributed by atoms with E-state index in [0.717, 1.165) is 11.3 Å². The minimum Gasteiger partial charge on any atom is -0.272 e. The Kier molecular flexibility index (Phi) is 8.23. The van der Waals surface area contributed by atoms with Crippen molar-refractivity contribution in [3.05, 3.63) is 99.1 Å². The number of nitrogens with zero attached hydrogens (tertiary/aromatic N) is 5. The molecule has 38 heavy (non-hydrogen) atoms. The van der Waals surface area contributed by atoms with Gasteiger partial charge in [-0.3, -0.25) is 19.5 Å². The number of hydrogen-bond acceptors (Lipinski definition) is 7. The highest BCUT2D eigenvalue weighted by molar-refractivity contribution is 7.99. The van der Waals surface area contributed by atoms with Crippen molar-refractivity contribution in [3.8, 4) is 17.1 Å². The molecular weight excluding hydrogens is 524 g/mol. The summed E-state index contributed by atoms with van der Waals surface area (Å²) < 4.78 is 1.91. The zero-order valence-electron chi connectivity index (χ0n) is 21.0. The van der Waals surface area contributed by atoms with Crippen molar-refractivity contribution >= 4 is 41.2 Å². The number of rotatable bonds is 8. The van der Waals surface area contributed by atoms with Gasteiger partial charge in [0.1, 0.15) is 0 Å². The molecule has 4 aromatic rings. The van der Waals surface area contributed by atoms with Gasteiger partial charge in [-0.25, -0.2) is 5.43 Å². The molecule has 1 aromatic heterocycles. The summed E-state index contributed by atoms with van der Waals surface area (Å²) >= 11 is 7.28. The number of nitro groups is 1. The third-order valence-corrected chi connectivity index (χ3v) is 6.85. The maximum absolute atomic E-state index is 12.5. The lowest BCUT2D eigenvalue weighted by molar-refractivity contribution is -0.384. The first-order valence-corrected chi connectivity index (χ1v) is 13.0. The molecule has 0 bridgehead atoms. The average Bonchev–Trinajstić information content (AvgIpc) is 3.32. The van der Waals surface area contributed by atoms with E-state index < -0.39 is 4.92 Å². The van der Waals surface area contributed by atoms with Crippen LogP contribution in [0.15, 0.2) is 83.1 Å². The first kappa shape index (κ1) is 27.0. The number of nitrogens with one attached hydrogen (secondary N) is 1. The van der Waals surface area contributed by atoms with Crippen molar-refractivity contribution in [2.45, 2.75) is 31.3 Å². The molecule has 0 aliphatic carbocycles. The topological polar surface area (TPSA) is 115 Å². The number of hydrogen-bond donors (Lipinski definition) is 1. The van der Waals surface area contributed by atoms with E-state index in [4.69, 9.17) is 11.6 Å². The van der Waals surface area contributed by atoms with Crippen molar-refractivity contribution in [2.24, 2.45) is 5.10 Å². The number of non-ortho nitro benzene ring substituents is 1. The lowest BCUT2D eigenvalue weighted by Gasteiger charge is -2.19. The van der Waals surface area contributed by atoms with Gasteiger partial charge in [0.2, 0.25) is 0 Å². The summed E-state index contributed by atoms with van der Waals surface area (Å²) in [6.45, 7) is 6.49. The molecule has 11 heteroatoms. The highest BCUT2D eigenvalue weighted by atomic mass is 35.5. The minimum absolute atomic E-state index is 0.0218. The Labute approximate surface area is 229 Å². The van der Waals surface area contributed by atoms with Crippen molar-refractivity contribution < 1.29 is 9.72 Å². The maximum atomic E-state index is 12.5. The van der Waals surface area contributed by atoms with Gasteiger partial charge < -0.3 is 0 Å². The summed E-state index contributed by atoms with van der Waals surface area (Å²) in [7, 11) is 0. The molecule has 1 heterocycles. The molecule has 3 aromatic carbocycles. The largest absolute Gasteiger partial charge is 0.272 e. The van der Waals surface area contributed by atoms with Crippen LogP contribution in [0.1, 0.15) is 31.9 Å². The van der Waals surface area contributed by atoms with E-state index in [0.29, 0.717) is 16.5 Å². The molecule has 0 radical (unpaired) electrons. The molecule has 1 amide bonds. The number of benzene rings is 3. The zero-order valence-corrected chi connectivity index (χ0v) is 22.5. The number of nitro benzene ring substituents is 1. The summed E-state index contributed by atoms with van der Waals surface area (Å²) in [5.74, 6) is 0.304. The SMILES string of the molecule is CC(C)(C)c1ccc(-c2nnc(SCC(=O)NN=Cc3cc([N+](=O)[O-])ccc3Cl)n2-c2ccccc2)cc1. The monoisotopic (exact) mass is 548 g/mol. The van der Waals surface area contributed by atoms with Crippen molar-refractivity contribution in [1.82, 2.24) is 20.2 Å². The molecule has 9 nitrogen and oxygen atoms in total. The molecule has 0 aliphatic heterocycles. The molecule has 0 saturated carbocycles. The predicted molar refractivity (Wildman–Crippen MR) is 150 cm³/mol. The van der Waals surface area contributed by atoms with E-state index in [2.05, 4.69) is 53.6 Å². The summed E-state index contributed by atoms with van der Waals surface area (Å²) in [4.78, 5) is 22.9. The van der Waals surface area contributed by atoms with Crippen LogP contribution in [-0.2, 0) is 10.2 Å². The Morgan fingerprint density at radius 1 is 1.11 bits per heavy atom. The van der Waals surface area contributed by atoms with E-state index in [1.54, 1.807) is 0 Å². The van der Waals surface area contributed by atoms with Gasteiger partial charge >= 0.3 is 0 Å². The van der Waals surface area contributed by atoms with E-state index in [-0.39, 0.29) is 27.8 Å². The van der Waals surface area contributed by atoms with Gasteiger partial charge in [-0.05, 0) is 29.2 Å². The van der Waals surface area contributed by atoms with Crippen LogP contribution in [0, 0.1) is 10.1 Å². The Bertz CT molecular complexity index is 1480. The number of hydrazone groups is 1. The Balaban J connectivity index is 1.51. The van der Waals surface area contributed by atoms with Crippen LogP contribution in [0.3, 0.4) is 0 Å². The number of amides is 1. The van der Waals surface area contributed by atoms with E-state index in [9.17, 15) is 14.9 Å². The van der Waals surface area contributed by atoms with E-state index in [1.165, 1.54) is 41.7 Å². The highest BCUT2D eigenvalue weighted by Crippen LogP contribution is 2.30. The Hall–Kier alpha value is -4.02. The van der Waals surface area contributed by atoms with Crippen LogP contribution < -0.4 is 5.43 Å². The van der Waals surface area contributed by atoms with Crippen molar-refractivity contribution in [3.63, 3.8) is 0 Å². The molecule has 0 unspecified atom stereocenters. The number of halogens is 1. The lowest BCUT2D eigenvalue weighted by atomic mass is 9.87. The van der Waals surface area contributed by atoms with Gasteiger partial charge in [-0.15, -0.1) is 10.2 Å². The van der Waals surface area contributed by atoms with Crippen molar-refractivity contribution in [2.75, 3.05) is 5.75 Å². The molecule has 4 rings (SSSR count). The fourth-order valence-electron chi connectivity index (χ4n) is 3.56. The summed E-state index contributed by atoms with van der Waals surface area (Å²) in [5, 5.41) is 24.5. The molecule has 0 fully saturated rings. The fourth-order valence-corrected chi connectivity index (χ4v) is 4.47. The van der Waals surface area contributed by atoms with Crippen LogP contribution in [0.5, 0.6) is 0 Å². The third-order valence-electron chi connectivity index (χ3n) is 5.57. The lowest BCUT2D eigenvalue weighted by Crippen LogP contribution is -2.20. The average molecular weight is 549 g/mol. The number of carbonyl (C=O) groups excluding carboxylic acids is 1. The Morgan fingerprint density at radius 3 is 2.47 bits per heavy atom. The van der Waals surface area contributed by atoms with Crippen LogP contribution >= 0.6 is 23.4 Å². The van der Waals surface area contributed by atoms with Gasteiger partial charge in [-0.2, -0.15) is 5.10 Å². The normalized spacial score (nSPS) is 11.6. The predicted octanol–water partition coefficient (Wildman–Crippen LogP) is 6.04. The van der Waals surface area contributed by atoms with Gasteiger partial charge in [0.15, 0.2) is 11.0 Å². The second kappa shape index (κ2) is 11.6. The minimum atomic E-state index is -0.529. The van der Waals surface area contributed by atoms with Crippen molar-refractivity contribution in [1.29, 1.82) is 0 Å². The van der Waals surface area contributed by atoms with Gasteiger partial charge in [0, 0.05) is 34.0 Å². The number of aromatic nitrogens is 3. The number of thioether (sulfide) groups is 1.